The molecule has 0 fully saturated rings. The lowest BCUT2D eigenvalue weighted by atomic mass is 10.3. The second-order valence-electron chi connectivity index (χ2n) is 4.52. The first-order valence-corrected chi connectivity index (χ1v) is 6.15. The van der Waals surface area contributed by atoms with E-state index >= 15 is 0 Å². The van der Waals surface area contributed by atoms with Gasteiger partial charge in [0.25, 0.3) is 5.56 Å². The molecule has 0 saturated heterocycles. The van der Waals surface area contributed by atoms with Crippen molar-refractivity contribution in [2.24, 2.45) is 0 Å². The first kappa shape index (κ1) is 13.0. The van der Waals surface area contributed by atoms with Crippen molar-refractivity contribution in [3.05, 3.63) is 58.0 Å². The van der Waals surface area contributed by atoms with Crippen molar-refractivity contribution in [3.63, 3.8) is 0 Å². The van der Waals surface area contributed by atoms with E-state index in [0.717, 1.165) is 15.9 Å². The van der Waals surface area contributed by atoms with Gasteiger partial charge in [-0.3, -0.25) is 9.78 Å². The molecule has 0 aliphatic carbocycles. The largest absolute Gasteiger partial charge is 0.477 e. The van der Waals surface area contributed by atoms with Crippen LogP contribution >= 0.6 is 0 Å². The lowest BCUT2D eigenvalue weighted by molar-refractivity contribution is 0.0693. The van der Waals surface area contributed by atoms with Crippen molar-refractivity contribution in [3.8, 4) is 0 Å². The number of aromatic carboxylic acids is 1. The summed E-state index contributed by atoms with van der Waals surface area (Å²) in [6, 6.07) is 5.54. The Bertz CT molecular complexity index is 896. The number of hydrogen-bond acceptors (Lipinski definition) is 5. The molecule has 0 atom stereocenters. The average molecular weight is 285 g/mol. The Morgan fingerprint density at radius 2 is 2.19 bits per heavy atom. The van der Waals surface area contributed by atoms with Crippen molar-refractivity contribution in [1.29, 1.82) is 0 Å². The molecule has 3 aromatic rings. The molecule has 3 heterocycles. The van der Waals surface area contributed by atoms with Crippen LogP contribution < -0.4 is 5.56 Å². The SMILES string of the molecule is Cc1cccc(Cn2cc(C(=O)O)c(=O)n3ncnc23)n1. The maximum absolute atomic E-state index is 11.9. The van der Waals surface area contributed by atoms with E-state index in [4.69, 9.17) is 5.11 Å². The molecule has 0 unspecified atom stereocenters. The molecular formula is C13H11N5O3. The number of carboxylic acid groups (broad SMARTS) is 1. The summed E-state index contributed by atoms with van der Waals surface area (Å²) in [7, 11) is 0. The standard InChI is InChI=1S/C13H11N5O3/c1-8-3-2-4-9(16-8)5-17-6-10(12(20)21)11(19)18-13(17)14-7-15-18/h2-4,6-7H,5H2,1H3,(H,20,21). The third-order valence-corrected chi connectivity index (χ3v) is 3.00. The van der Waals surface area contributed by atoms with E-state index in [1.165, 1.54) is 12.5 Å². The number of nitrogens with zero attached hydrogens (tertiary/aromatic N) is 5. The Morgan fingerprint density at radius 1 is 1.38 bits per heavy atom. The lowest BCUT2D eigenvalue weighted by Gasteiger charge is -2.09. The van der Waals surface area contributed by atoms with Gasteiger partial charge in [0.15, 0.2) is 0 Å². The zero-order valence-corrected chi connectivity index (χ0v) is 11.1. The molecule has 1 N–H and O–H groups in total. The highest BCUT2D eigenvalue weighted by Gasteiger charge is 2.16. The maximum atomic E-state index is 11.9. The number of aryl methyl sites for hydroxylation is 1. The maximum Gasteiger partial charge on any atom is 0.342 e. The van der Waals surface area contributed by atoms with E-state index < -0.39 is 11.5 Å². The Balaban J connectivity index is 2.18. The molecule has 21 heavy (non-hydrogen) atoms. The Hall–Kier alpha value is -3.03. The van der Waals surface area contributed by atoms with Crippen LogP contribution in [0.15, 0.2) is 35.5 Å². The Labute approximate surface area is 118 Å². The van der Waals surface area contributed by atoms with Gasteiger partial charge in [-0.2, -0.15) is 14.6 Å². The van der Waals surface area contributed by atoms with Gasteiger partial charge in [0.05, 0.1) is 12.2 Å². The van der Waals surface area contributed by atoms with Crippen LogP contribution in [-0.4, -0.2) is 35.2 Å². The van der Waals surface area contributed by atoms with Crippen molar-refractivity contribution >= 4 is 11.7 Å². The number of fused-ring (bicyclic) bond motifs is 1. The summed E-state index contributed by atoms with van der Waals surface area (Å²) in [5, 5.41) is 12.9. The monoisotopic (exact) mass is 285 g/mol. The van der Waals surface area contributed by atoms with Gasteiger partial charge in [0.1, 0.15) is 11.9 Å². The highest BCUT2D eigenvalue weighted by molar-refractivity contribution is 5.86. The molecule has 0 spiro atoms. The van der Waals surface area contributed by atoms with Crippen molar-refractivity contribution in [2.45, 2.75) is 13.5 Å². The van der Waals surface area contributed by atoms with Crippen molar-refractivity contribution < 1.29 is 9.90 Å². The summed E-state index contributed by atoms with van der Waals surface area (Å²) in [6.07, 6.45) is 2.47. The van der Waals surface area contributed by atoms with Gasteiger partial charge in [-0.25, -0.2) is 4.79 Å². The summed E-state index contributed by atoms with van der Waals surface area (Å²) in [5.41, 5.74) is 0.522. The summed E-state index contributed by atoms with van der Waals surface area (Å²) >= 11 is 0. The third kappa shape index (κ3) is 2.27. The zero-order valence-electron chi connectivity index (χ0n) is 11.1. The van der Waals surface area contributed by atoms with Crippen molar-refractivity contribution in [2.75, 3.05) is 0 Å². The molecule has 0 aliphatic heterocycles. The normalized spacial score (nSPS) is 10.9. The number of rotatable bonds is 3. The van der Waals surface area contributed by atoms with Gasteiger partial charge in [0, 0.05) is 11.9 Å². The molecular weight excluding hydrogens is 274 g/mol. The molecule has 0 amide bonds. The van der Waals surface area contributed by atoms with Crippen LogP contribution in [-0.2, 0) is 6.54 Å². The molecule has 3 aromatic heterocycles. The van der Waals surface area contributed by atoms with E-state index in [-0.39, 0.29) is 11.3 Å². The molecule has 3 rings (SSSR count). The number of hydrogen-bond donors (Lipinski definition) is 1. The molecule has 0 bridgehead atoms. The van der Waals surface area contributed by atoms with Crippen LogP contribution in [0.1, 0.15) is 21.7 Å². The summed E-state index contributed by atoms with van der Waals surface area (Å²) in [4.78, 5) is 31.4. The quantitative estimate of drug-likeness (QED) is 0.744. The van der Waals surface area contributed by atoms with Gasteiger partial charge >= 0.3 is 5.97 Å². The highest BCUT2D eigenvalue weighted by atomic mass is 16.4. The number of aromatic nitrogens is 5. The predicted molar refractivity (Wildman–Crippen MR) is 72.3 cm³/mol. The van der Waals surface area contributed by atoms with Crippen LogP contribution in [0, 0.1) is 6.92 Å². The van der Waals surface area contributed by atoms with E-state index in [1.54, 1.807) is 4.57 Å². The second-order valence-corrected chi connectivity index (χ2v) is 4.52. The third-order valence-electron chi connectivity index (χ3n) is 3.00. The van der Waals surface area contributed by atoms with Crippen LogP contribution in [0.3, 0.4) is 0 Å². The smallest absolute Gasteiger partial charge is 0.342 e. The summed E-state index contributed by atoms with van der Waals surface area (Å²) in [5.74, 6) is -1.03. The number of pyridine rings is 1. The van der Waals surface area contributed by atoms with Crippen molar-refractivity contribution in [1.82, 2.24) is 24.1 Å². The molecule has 8 nitrogen and oxygen atoms in total. The van der Waals surface area contributed by atoms with Gasteiger partial charge in [-0.15, -0.1) is 0 Å². The van der Waals surface area contributed by atoms with Crippen LogP contribution in [0.25, 0.3) is 5.78 Å². The van der Waals surface area contributed by atoms with Crippen LogP contribution in [0.2, 0.25) is 0 Å². The number of carbonyl (C=O) groups is 1. The molecule has 0 radical (unpaired) electrons. The molecule has 8 heteroatoms. The van der Waals surface area contributed by atoms with Gasteiger partial charge in [-0.05, 0) is 19.1 Å². The fourth-order valence-electron chi connectivity index (χ4n) is 2.08. The van der Waals surface area contributed by atoms with E-state index in [0.29, 0.717) is 6.54 Å². The fraction of sp³-hybridized carbons (Fsp3) is 0.154. The minimum atomic E-state index is -1.30. The molecule has 0 aromatic carbocycles. The minimum absolute atomic E-state index is 0.272. The van der Waals surface area contributed by atoms with Crippen LogP contribution in [0.4, 0.5) is 0 Å². The zero-order chi connectivity index (χ0) is 15.0. The molecule has 0 aliphatic rings. The molecule has 106 valence electrons. The van der Waals surface area contributed by atoms with E-state index in [9.17, 15) is 9.59 Å². The van der Waals surface area contributed by atoms with E-state index in [2.05, 4.69) is 15.1 Å². The van der Waals surface area contributed by atoms with Gasteiger partial charge < -0.3 is 9.67 Å². The first-order valence-electron chi connectivity index (χ1n) is 6.15. The van der Waals surface area contributed by atoms with Gasteiger partial charge in [-0.1, -0.05) is 6.07 Å². The summed E-state index contributed by atoms with van der Waals surface area (Å²) in [6.45, 7) is 2.16. The first-order chi connectivity index (χ1) is 10.1. The average Bonchev–Trinajstić information content (AvgIpc) is 2.91. The number of carboxylic acids is 1. The minimum Gasteiger partial charge on any atom is -0.477 e. The Morgan fingerprint density at radius 3 is 2.90 bits per heavy atom. The Kier molecular flexibility index (Phi) is 2.98. The fourth-order valence-corrected chi connectivity index (χ4v) is 2.08. The van der Waals surface area contributed by atoms with Gasteiger partial charge in [0.2, 0.25) is 5.78 Å². The second kappa shape index (κ2) is 4.82. The summed E-state index contributed by atoms with van der Waals surface area (Å²) < 4.78 is 2.51. The topological polar surface area (TPSA) is 102 Å². The highest BCUT2D eigenvalue weighted by Crippen LogP contribution is 2.05. The molecule has 0 saturated carbocycles. The van der Waals surface area contributed by atoms with Crippen LogP contribution in [0.5, 0.6) is 0 Å². The lowest BCUT2D eigenvalue weighted by Crippen LogP contribution is -2.26. The predicted octanol–water partition coefficient (Wildman–Crippen LogP) is 0.341. The van der Waals surface area contributed by atoms with E-state index in [1.807, 2.05) is 25.1 Å².